The van der Waals surface area contributed by atoms with Crippen LogP contribution in [0.4, 0.5) is 5.69 Å². The second kappa shape index (κ2) is 12.8. The van der Waals surface area contributed by atoms with E-state index in [9.17, 15) is 18.0 Å². The molecule has 1 atom stereocenters. The molecule has 7 nitrogen and oxygen atoms in total. The van der Waals surface area contributed by atoms with E-state index in [0.717, 1.165) is 6.26 Å². The quantitative estimate of drug-likeness (QED) is 0.409. The molecule has 198 valence electrons. The van der Waals surface area contributed by atoms with Crippen molar-refractivity contribution in [1.29, 1.82) is 0 Å². The molecule has 1 N–H and O–H groups in total. The van der Waals surface area contributed by atoms with E-state index >= 15 is 0 Å². The summed E-state index contributed by atoms with van der Waals surface area (Å²) in [5.74, 6) is -0.563. The highest BCUT2D eigenvalue weighted by Gasteiger charge is 2.31. The summed E-state index contributed by atoms with van der Waals surface area (Å²) < 4.78 is 26.0. The first-order valence-electron chi connectivity index (χ1n) is 11.8. The van der Waals surface area contributed by atoms with Gasteiger partial charge in [0.1, 0.15) is 6.04 Å². The molecule has 0 fully saturated rings. The van der Waals surface area contributed by atoms with Crippen LogP contribution in [0.1, 0.15) is 52.5 Å². The topological polar surface area (TPSA) is 86.8 Å². The zero-order valence-corrected chi connectivity index (χ0v) is 23.8. The van der Waals surface area contributed by atoms with Gasteiger partial charge in [-0.15, -0.1) is 0 Å². The summed E-state index contributed by atoms with van der Waals surface area (Å²) >= 11 is 12.8. The molecule has 2 rings (SSSR count). The Hall–Kier alpha value is -2.29. The third kappa shape index (κ3) is 8.68. The Kier molecular flexibility index (Phi) is 10.6. The fourth-order valence-corrected chi connectivity index (χ4v) is 5.31. The third-order valence-corrected chi connectivity index (χ3v) is 7.37. The molecule has 0 aliphatic rings. The molecular weight excluding hydrogens is 521 g/mol. The number of halogens is 2. The maximum atomic E-state index is 13.5. The third-order valence-electron chi connectivity index (χ3n) is 5.47. The summed E-state index contributed by atoms with van der Waals surface area (Å²) in [6.45, 7) is 7.64. The molecule has 0 saturated carbocycles. The van der Waals surface area contributed by atoms with Gasteiger partial charge in [0.2, 0.25) is 21.8 Å². The van der Waals surface area contributed by atoms with E-state index in [2.05, 4.69) is 5.32 Å². The van der Waals surface area contributed by atoms with Crippen molar-refractivity contribution < 1.29 is 18.0 Å². The summed E-state index contributed by atoms with van der Waals surface area (Å²) in [5, 5.41) is 3.75. The molecule has 36 heavy (non-hydrogen) atoms. The van der Waals surface area contributed by atoms with Gasteiger partial charge in [0, 0.05) is 40.7 Å². The number of nitrogens with zero attached hydrogens (tertiary/aromatic N) is 2. The van der Waals surface area contributed by atoms with Crippen molar-refractivity contribution in [3.8, 4) is 0 Å². The summed E-state index contributed by atoms with van der Waals surface area (Å²) in [7, 11) is -3.54. The Morgan fingerprint density at radius 2 is 1.58 bits per heavy atom. The smallest absolute Gasteiger partial charge is 0.243 e. The normalized spacial score (nSPS) is 12.6. The average Bonchev–Trinajstić information content (AvgIpc) is 2.77. The SMILES string of the molecule is CC[C@H](C(=O)NC(C)(C)C)N(Cc1c(Cl)cccc1Cl)C(=O)CCCN(c1ccccc1)S(C)(=O)=O. The molecule has 2 aromatic carbocycles. The molecule has 0 bridgehead atoms. The predicted molar refractivity (Wildman–Crippen MR) is 147 cm³/mol. The Bertz CT molecular complexity index is 1130. The van der Waals surface area contributed by atoms with E-state index in [1.807, 2.05) is 27.7 Å². The highest BCUT2D eigenvalue weighted by molar-refractivity contribution is 7.92. The highest BCUT2D eigenvalue weighted by Crippen LogP contribution is 2.27. The second-order valence-corrected chi connectivity index (χ2v) is 12.4. The Morgan fingerprint density at radius 1 is 1.00 bits per heavy atom. The fraction of sp³-hybridized carbons (Fsp3) is 0.462. The second-order valence-electron chi connectivity index (χ2n) is 9.66. The molecule has 0 heterocycles. The summed E-state index contributed by atoms with van der Waals surface area (Å²) in [6.07, 6.45) is 1.83. The number of amides is 2. The summed E-state index contributed by atoms with van der Waals surface area (Å²) in [4.78, 5) is 28.1. The molecule has 0 unspecified atom stereocenters. The monoisotopic (exact) mass is 555 g/mol. The van der Waals surface area contributed by atoms with Gasteiger partial charge < -0.3 is 10.2 Å². The lowest BCUT2D eigenvalue weighted by molar-refractivity contribution is -0.142. The maximum Gasteiger partial charge on any atom is 0.243 e. The molecule has 2 amide bonds. The first-order valence-corrected chi connectivity index (χ1v) is 14.4. The maximum absolute atomic E-state index is 13.5. The van der Waals surface area contributed by atoms with Crippen molar-refractivity contribution in [3.05, 3.63) is 64.1 Å². The van der Waals surface area contributed by atoms with Crippen molar-refractivity contribution in [2.75, 3.05) is 17.1 Å². The lowest BCUT2D eigenvalue weighted by Crippen LogP contribution is -2.53. The minimum Gasteiger partial charge on any atom is -0.350 e. The fourth-order valence-electron chi connectivity index (χ4n) is 3.82. The van der Waals surface area contributed by atoms with E-state index in [4.69, 9.17) is 23.2 Å². The van der Waals surface area contributed by atoms with Crippen molar-refractivity contribution in [3.63, 3.8) is 0 Å². The van der Waals surface area contributed by atoms with E-state index < -0.39 is 21.6 Å². The van der Waals surface area contributed by atoms with Crippen LogP contribution in [0.25, 0.3) is 0 Å². The van der Waals surface area contributed by atoms with Crippen LogP contribution in [-0.4, -0.2) is 49.5 Å². The van der Waals surface area contributed by atoms with Crippen molar-refractivity contribution in [2.45, 2.75) is 65.1 Å². The van der Waals surface area contributed by atoms with Crippen LogP contribution in [0.3, 0.4) is 0 Å². The van der Waals surface area contributed by atoms with Crippen LogP contribution in [-0.2, 0) is 26.2 Å². The van der Waals surface area contributed by atoms with Gasteiger partial charge in [-0.2, -0.15) is 0 Å². The number of benzene rings is 2. The van der Waals surface area contributed by atoms with Crippen LogP contribution in [0, 0.1) is 0 Å². The van der Waals surface area contributed by atoms with Gasteiger partial charge in [0.05, 0.1) is 11.9 Å². The number of para-hydroxylation sites is 1. The Balaban J connectivity index is 2.28. The van der Waals surface area contributed by atoms with Crippen LogP contribution in [0.2, 0.25) is 10.0 Å². The molecule has 0 aromatic heterocycles. The molecule has 0 spiro atoms. The minimum absolute atomic E-state index is 0.0419. The predicted octanol–water partition coefficient (Wildman–Crippen LogP) is 5.26. The first kappa shape index (κ1) is 29.9. The van der Waals surface area contributed by atoms with Crippen molar-refractivity contribution in [1.82, 2.24) is 10.2 Å². The molecular formula is C26H35Cl2N3O4S. The lowest BCUT2D eigenvalue weighted by Gasteiger charge is -2.33. The number of rotatable bonds is 11. The van der Waals surface area contributed by atoms with E-state index in [1.54, 1.807) is 48.5 Å². The number of carbonyl (C=O) groups is 2. The molecule has 0 aliphatic carbocycles. The van der Waals surface area contributed by atoms with Gasteiger partial charge in [0.15, 0.2) is 0 Å². The number of anilines is 1. The minimum atomic E-state index is -3.54. The average molecular weight is 557 g/mol. The first-order chi connectivity index (χ1) is 16.7. The number of hydrogen-bond donors (Lipinski definition) is 1. The van der Waals surface area contributed by atoms with Gasteiger partial charge in [-0.25, -0.2) is 8.42 Å². The number of sulfonamides is 1. The zero-order chi connectivity index (χ0) is 27.1. The van der Waals surface area contributed by atoms with Crippen LogP contribution < -0.4 is 9.62 Å². The molecule has 10 heteroatoms. The molecule has 2 aromatic rings. The molecule has 0 saturated heterocycles. The molecule has 0 radical (unpaired) electrons. The van der Waals surface area contributed by atoms with Crippen LogP contribution in [0.5, 0.6) is 0 Å². The zero-order valence-electron chi connectivity index (χ0n) is 21.4. The van der Waals surface area contributed by atoms with Crippen LogP contribution >= 0.6 is 23.2 Å². The highest BCUT2D eigenvalue weighted by atomic mass is 35.5. The van der Waals surface area contributed by atoms with E-state index in [0.29, 0.717) is 27.7 Å². The van der Waals surface area contributed by atoms with Gasteiger partial charge in [-0.05, 0) is 57.9 Å². The molecule has 0 aliphatic heterocycles. The number of hydrogen-bond acceptors (Lipinski definition) is 4. The van der Waals surface area contributed by atoms with Gasteiger partial charge in [-0.3, -0.25) is 13.9 Å². The Labute approximate surface area is 224 Å². The van der Waals surface area contributed by atoms with Gasteiger partial charge in [0.25, 0.3) is 0 Å². The van der Waals surface area contributed by atoms with Gasteiger partial charge in [-0.1, -0.05) is 54.4 Å². The van der Waals surface area contributed by atoms with Crippen molar-refractivity contribution >= 4 is 50.7 Å². The van der Waals surface area contributed by atoms with Gasteiger partial charge >= 0.3 is 0 Å². The number of carbonyl (C=O) groups excluding carboxylic acids is 2. The van der Waals surface area contributed by atoms with Crippen LogP contribution in [0.15, 0.2) is 48.5 Å². The summed E-state index contributed by atoms with van der Waals surface area (Å²) in [5.41, 5.74) is 0.605. The Morgan fingerprint density at radius 3 is 2.08 bits per heavy atom. The summed E-state index contributed by atoms with van der Waals surface area (Å²) in [6, 6.07) is 13.1. The van der Waals surface area contributed by atoms with E-state index in [-0.39, 0.29) is 37.7 Å². The van der Waals surface area contributed by atoms with E-state index in [1.165, 1.54) is 9.21 Å². The lowest BCUT2D eigenvalue weighted by atomic mass is 10.0. The number of nitrogens with one attached hydrogen (secondary N) is 1. The van der Waals surface area contributed by atoms with Crippen molar-refractivity contribution in [2.24, 2.45) is 0 Å². The largest absolute Gasteiger partial charge is 0.350 e. The standard InChI is InChI=1S/C26H35Cl2N3O4S/c1-6-23(25(33)29-26(2,3)4)30(18-20-21(27)14-10-15-22(20)28)24(32)16-11-17-31(36(5,34)35)19-12-8-7-9-13-19/h7-10,12-15,23H,6,11,16-18H2,1-5H3,(H,29,33)/t23-/m1/s1.